The van der Waals surface area contributed by atoms with Gasteiger partial charge in [-0.1, -0.05) is 13.8 Å². The summed E-state index contributed by atoms with van der Waals surface area (Å²) in [4.78, 5) is 33.4. The van der Waals surface area contributed by atoms with Gasteiger partial charge in [-0.05, 0) is 18.8 Å². The summed E-state index contributed by atoms with van der Waals surface area (Å²) >= 11 is 0. The molecule has 1 rings (SSSR count). The van der Waals surface area contributed by atoms with Crippen LogP contribution in [0.3, 0.4) is 0 Å². The van der Waals surface area contributed by atoms with Crippen LogP contribution in [0, 0.1) is 5.92 Å². The third-order valence-electron chi connectivity index (χ3n) is 2.77. The molecule has 3 amide bonds. The Morgan fingerprint density at radius 2 is 1.82 bits per heavy atom. The van der Waals surface area contributed by atoms with Gasteiger partial charge in [-0.25, -0.2) is 9.59 Å². The number of hydrogen-bond donors (Lipinski definition) is 4. The second-order valence-electron chi connectivity index (χ2n) is 4.61. The maximum atomic E-state index is 11.5. The normalized spacial score (nSPS) is 18.3. The number of amides is 3. The quantitative estimate of drug-likeness (QED) is 0.515. The van der Waals surface area contributed by atoms with E-state index in [0.29, 0.717) is 12.8 Å². The molecule has 0 aromatic heterocycles. The largest absolute Gasteiger partial charge is 0.480 e. The SMILES string of the molecule is CC(C)C(NC(=O)NC1(C(=O)O)CC1)C(N)=O. The summed E-state index contributed by atoms with van der Waals surface area (Å²) in [5.41, 5.74) is 3.96. The lowest BCUT2D eigenvalue weighted by Gasteiger charge is -2.21. The van der Waals surface area contributed by atoms with Crippen molar-refractivity contribution in [2.75, 3.05) is 0 Å². The molecule has 1 aliphatic rings. The molecule has 0 aliphatic heterocycles. The Morgan fingerprint density at radius 3 is 2.12 bits per heavy atom. The lowest BCUT2D eigenvalue weighted by atomic mass is 10.0. The molecule has 1 saturated carbocycles. The molecule has 96 valence electrons. The summed E-state index contributed by atoms with van der Waals surface area (Å²) in [5, 5.41) is 13.6. The van der Waals surface area contributed by atoms with Crippen LogP contribution in [0.2, 0.25) is 0 Å². The minimum absolute atomic E-state index is 0.154. The van der Waals surface area contributed by atoms with Gasteiger partial charge in [0.1, 0.15) is 11.6 Å². The first-order valence-corrected chi connectivity index (χ1v) is 5.40. The number of primary amides is 1. The van der Waals surface area contributed by atoms with E-state index >= 15 is 0 Å². The first kappa shape index (κ1) is 13.3. The Kier molecular flexibility index (Phi) is 3.59. The van der Waals surface area contributed by atoms with Crippen LogP contribution in [-0.4, -0.2) is 34.6 Å². The number of carbonyl (C=O) groups excluding carboxylic acids is 2. The van der Waals surface area contributed by atoms with E-state index in [-0.39, 0.29) is 5.92 Å². The van der Waals surface area contributed by atoms with Crippen molar-refractivity contribution < 1.29 is 19.5 Å². The van der Waals surface area contributed by atoms with E-state index in [1.165, 1.54) is 0 Å². The number of nitrogens with two attached hydrogens (primary N) is 1. The van der Waals surface area contributed by atoms with Gasteiger partial charge in [0.25, 0.3) is 0 Å². The zero-order valence-electron chi connectivity index (χ0n) is 9.82. The van der Waals surface area contributed by atoms with E-state index < -0.39 is 29.5 Å². The lowest BCUT2D eigenvalue weighted by molar-refractivity contribution is -0.140. The predicted octanol–water partition coefficient (Wildman–Crippen LogP) is -0.587. The highest BCUT2D eigenvalue weighted by atomic mass is 16.4. The minimum atomic E-state index is -1.16. The number of rotatable bonds is 5. The highest BCUT2D eigenvalue weighted by molar-refractivity contribution is 5.91. The number of nitrogens with one attached hydrogen (secondary N) is 2. The third kappa shape index (κ3) is 3.08. The van der Waals surface area contributed by atoms with Crippen LogP contribution in [0.4, 0.5) is 4.79 Å². The average Bonchev–Trinajstić information content (AvgIpc) is 2.94. The number of hydrogen-bond acceptors (Lipinski definition) is 3. The molecule has 0 spiro atoms. The van der Waals surface area contributed by atoms with Gasteiger partial charge in [0, 0.05) is 0 Å². The molecule has 7 nitrogen and oxygen atoms in total. The van der Waals surface area contributed by atoms with E-state index in [9.17, 15) is 14.4 Å². The van der Waals surface area contributed by atoms with Crippen LogP contribution in [0.15, 0.2) is 0 Å². The van der Waals surface area contributed by atoms with Gasteiger partial charge in [0.15, 0.2) is 0 Å². The van der Waals surface area contributed by atoms with Crippen molar-refractivity contribution >= 4 is 17.9 Å². The third-order valence-corrected chi connectivity index (χ3v) is 2.77. The van der Waals surface area contributed by atoms with Gasteiger partial charge in [-0.2, -0.15) is 0 Å². The lowest BCUT2D eigenvalue weighted by Crippen LogP contribution is -2.55. The average molecular weight is 243 g/mol. The molecule has 0 saturated heterocycles. The maximum absolute atomic E-state index is 11.5. The molecule has 5 N–H and O–H groups in total. The van der Waals surface area contributed by atoms with Crippen molar-refractivity contribution in [3.63, 3.8) is 0 Å². The van der Waals surface area contributed by atoms with Crippen LogP contribution in [0.1, 0.15) is 26.7 Å². The smallest absolute Gasteiger partial charge is 0.329 e. The fourth-order valence-electron chi connectivity index (χ4n) is 1.48. The predicted molar refractivity (Wildman–Crippen MR) is 59.1 cm³/mol. The van der Waals surface area contributed by atoms with Gasteiger partial charge in [0.2, 0.25) is 5.91 Å². The summed E-state index contributed by atoms with van der Waals surface area (Å²) in [7, 11) is 0. The van der Waals surface area contributed by atoms with Gasteiger partial charge in [-0.3, -0.25) is 4.79 Å². The molecule has 0 aromatic carbocycles. The summed E-state index contributed by atoms with van der Waals surface area (Å²) in [6.45, 7) is 3.47. The van der Waals surface area contributed by atoms with Gasteiger partial charge >= 0.3 is 12.0 Å². The van der Waals surface area contributed by atoms with Gasteiger partial charge in [-0.15, -0.1) is 0 Å². The fourth-order valence-corrected chi connectivity index (χ4v) is 1.48. The van der Waals surface area contributed by atoms with Crippen LogP contribution in [0.25, 0.3) is 0 Å². The first-order chi connectivity index (χ1) is 7.78. The van der Waals surface area contributed by atoms with Crippen LogP contribution >= 0.6 is 0 Å². The number of carboxylic acids is 1. The van der Waals surface area contributed by atoms with Crippen LogP contribution < -0.4 is 16.4 Å². The van der Waals surface area contributed by atoms with Crippen molar-refractivity contribution in [2.45, 2.75) is 38.3 Å². The molecule has 7 heteroatoms. The molecule has 0 heterocycles. The van der Waals surface area contributed by atoms with Crippen molar-refractivity contribution in [1.29, 1.82) is 0 Å². The topological polar surface area (TPSA) is 122 Å². The molecular formula is C10H17N3O4. The standard InChI is InChI=1S/C10H17N3O4/c1-5(2)6(7(11)14)12-9(17)13-10(3-4-10)8(15)16/h5-6H,3-4H2,1-2H3,(H2,11,14)(H,15,16)(H2,12,13,17). The molecule has 0 radical (unpaired) electrons. The van der Waals surface area contributed by atoms with Crippen molar-refractivity contribution in [2.24, 2.45) is 11.7 Å². The molecule has 0 aromatic rings. The number of urea groups is 1. The van der Waals surface area contributed by atoms with E-state index in [1.807, 2.05) is 0 Å². The summed E-state index contributed by atoms with van der Waals surface area (Å²) < 4.78 is 0. The van der Waals surface area contributed by atoms with Gasteiger partial charge < -0.3 is 21.5 Å². The highest BCUT2D eigenvalue weighted by Crippen LogP contribution is 2.35. The second-order valence-corrected chi connectivity index (χ2v) is 4.61. The number of carbonyl (C=O) groups is 3. The molecule has 1 unspecified atom stereocenters. The molecule has 17 heavy (non-hydrogen) atoms. The van der Waals surface area contributed by atoms with Crippen LogP contribution in [0.5, 0.6) is 0 Å². The Labute approximate surface area is 98.7 Å². The molecular weight excluding hydrogens is 226 g/mol. The molecule has 1 atom stereocenters. The van der Waals surface area contributed by atoms with Crippen molar-refractivity contribution in [1.82, 2.24) is 10.6 Å². The van der Waals surface area contributed by atoms with E-state index in [1.54, 1.807) is 13.8 Å². The summed E-state index contributed by atoms with van der Waals surface area (Å²) in [6.07, 6.45) is 0.803. The van der Waals surface area contributed by atoms with Crippen molar-refractivity contribution in [3.05, 3.63) is 0 Å². The summed E-state index contributed by atoms with van der Waals surface area (Å²) in [5.74, 6) is -1.86. The Hall–Kier alpha value is -1.79. The van der Waals surface area contributed by atoms with E-state index in [2.05, 4.69) is 10.6 Å². The molecule has 1 fully saturated rings. The number of carboxylic acid groups (broad SMARTS) is 1. The van der Waals surface area contributed by atoms with Gasteiger partial charge in [0.05, 0.1) is 0 Å². The maximum Gasteiger partial charge on any atom is 0.329 e. The minimum Gasteiger partial charge on any atom is -0.480 e. The van der Waals surface area contributed by atoms with E-state index in [0.717, 1.165) is 0 Å². The molecule has 1 aliphatic carbocycles. The number of aliphatic carboxylic acids is 1. The zero-order chi connectivity index (χ0) is 13.2. The Balaban J connectivity index is 2.55. The zero-order valence-corrected chi connectivity index (χ0v) is 9.82. The Bertz CT molecular complexity index is 349. The fraction of sp³-hybridized carbons (Fsp3) is 0.700. The second kappa shape index (κ2) is 4.60. The summed E-state index contributed by atoms with van der Waals surface area (Å²) in [6, 6.07) is -1.48. The van der Waals surface area contributed by atoms with E-state index in [4.69, 9.17) is 10.8 Å². The monoisotopic (exact) mass is 243 g/mol. The first-order valence-electron chi connectivity index (χ1n) is 5.40. The van der Waals surface area contributed by atoms with Crippen LogP contribution in [-0.2, 0) is 9.59 Å². The Morgan fingerprint density at radius 1 is 1.29 bits per heavy atom. The highest BCUT2D eigenvalue weighted by Gasteiger charge is 2.51. The molecule has 0 bridgehead atoms. The van der Waals surface area contributed by atoms with Crippen molar-refractivity contribution in [3.8, 4) is 0 Å².